The van der Waals surface area contributed by atoms with Gasteiger partial charge in [-0.05, 0) is 18.3 Å². The van der Waals surface area contributed by atoms with E-state index in [0.717, 1.165) is 6.42 Å². The standard InChI is InChI=1S/C10H16N2O2/c1-4-10(6-5-9(6,2)3)7(13)12-8(11)14-10/h6H,4-5H2,1-3H3,(H2,11,12,13). The second-order valence-corrected chi connectivity index (χ2v) is 4.85. The van der Waals surface area contributed by atoms with Crippen molar-refractivity contribution >= 4 is 11.9 Å². The highest BCUT2D eigenvalue weighted by Gasteiger charge is 2.64. The van der Waals surface area contributed by atoms with Gasteiger partial charge in [-0.3, -0.25) is 4.79 Å². The minimum Gasteiger partial charge on any atom is -0.448 e. The van der Waals surface area contributed by atoms with Crippen LogP contribution in [0, 0.1) is 11.3 Å². The molecule has 1 saturated carbocycles. The van der Waals surface area contributed by atoms with Gasteiger partial charge in [-0.1, -0.05) is 20.8 Å². The van der Waals surface area contributed by atoms with E-state index in [1.54, 1.807) is 0 Å². The quantitative estimate of drug-likeness (QED) is 0.718. The van der Waals surface area contributed by atoms with Gasteiger partial charge in [0.2, 0.25) is 0 Å². The Balaban J connectivity index is 2.26. The molecular weight excluding hydrogens is 180 g/mol. The minimum absolute atomic E-state index is 0.0274. The number of nitrogens with two attached hydrogens (primary N) is 1. The van der Waals surface area contributed by atoms with Gasteiger partial charge in [0.25, 0.3) is 11.9 Å². The fourth-order valence-corrected chi connectivity index (χ4v) is 2.40. The molecule has 1 heterocycles. The molecule has 2 unspecified atom stereocenters. The minimum atomic E-state index is -0.756. The molecule has 0 bridgehead atoms. The summed E-state index contributed by atoms with van der Waals surface area (Å²) in [5.74, 6) is 0.0605. The van der Waals surface area contributed by atoms with Crippen LogP contribution in [-0.4, -0.2) is 17.5 Å². The number of amides is 1. The fourth-order valence-electron chi connectivity index (χ4n) is 2.40. The summed E-state index contributed by atoms with van der Waals surface area (Å²) in [6.45, 7) is 6.22. The first-order chi connectivity index (χ1) is 6.42. The van der Waals surface area contributed by atoms with Crippen LogP contribution in [0.2, 0.25) is 0 Å². The van der Waals surface area contributed by atoms with Gasteiger partial charge < -0.3 is 10.5 Å². The van der Waals surface area contributed by atoms with Crippen LogP contribution in [0.1, 0.15) is 33.6 Å². The van der Waals surface area contributed by atoms with Gasteiger partial charge in [0.15, 0.2) is 5.60 Å². The first-order valence-electron chi connectivity index (χ1n) is 5.00. The molecule has 1 aliphatic heterocycles. The van der Waals surface area contributed by atoms with Crippen LogP contribution in [0.4, 0.5) is 0 Å². The van der Waals surface area contributed by atoms with Gasteiger partial charge in [-0.25, -0.2) is 0 Å². The van der Waals surface area contributed by atoms with E-state index in [-0.39, 0.29) is 23.3 Å². The Kier molecular flexibility index (Phi) is 1.69. The number of rotatable bonds is 2. The van der Waals surface area contributed by atoms with Gasteiger partial charge in [0.05, 0.1) is 0 Å². The molecule has 2 atom stereocenters. The third-order valence-electron chi connectivity index (χ3n) is 3.46. The Bertz CT molecular complexity index is 322. The van der Waals surface area contributed by atoms with Crippen LogP contribution in [0.15, 0.2) is 4.99 Å². The summed E-state index contributed by atoms with van der Waals surface area (Å²) in [6.07, 6.45) is 1.65. The predicted molar refractivity (Wildman–Crippen MR) is 52.6 cm³/mol. The monoisotopic (exact) mass is 196 g/mol. The lowest BCUT2D eigenvalue weighted by Gasteiger charge is -2.26. The van der Waals surface area contributed by atoms with Gasteiger partial charge in [0.1, 0.15) is 0 Å². The molecule has 2 rings (SSSR count). The lowest BCUT2D eigenvalue weighted by molar-refractivity contribution is -0.133. The van der Waals surface area contributed by atoms with E-state index in [1.807, 2.05) is 6.92 Å². The summed E-state index contributed by atoms with van der Waals surface area (Å²) in [7, 11) is 0. The predicted octanol–water partition coefficient (Wildman–Crippen LogP) is 1.05. The highest BCUT2D eigenvalue weighted by Crippen LogP contribution is 2.60. The molecular formula is C10H16N2O2. The number of amidine groups is 1. The van der Waals surface area contributed by atoms with Crippen molar-refractivity contribution < 1.29 is 9.53 Å². The van der Waals surface area contributed by atoms with E-state index >= 15 is 0 Å². The van der Waals surface area contributed by atoms with Gasteiger partial charge in [0, 0.05) is 5.92 Å². The summed E-state index contributed by atoms with van der Waals surface area (Å²) in [5.41, 5.74) is 4.87. The van der Waals surface area contributed by atoms with E-state index in [0.29, 0.717) is 6.42 Å². The maximum atomic E-state index is 11.7. The zero-order valence-electron chi connectivity index (χ0n) is 8.83. The summed E-state index contributed by atoms with van der Waals surface area (Å²) in [4.78, 5) is 15.4. The highest BCUT2D eigenvalue weighted by atomic mass is 16.5. The molecule has 78 valence electrons. The molecule has 4 heteroatoms. The van der Waals surface area contributed by atoms with Crippen molar-refractivity contribution in [2.24, 2.45) is 22.1 Å². The molecule has 0 aromatic carbocycles. The molecule has 4 nitrogen and oxygen atoms in total. The molecule has 1 amide bonds. The zero-order valence-corrected chi connectivity index (χ0v) is 8.83. The number of hydrogen-bond donors (Lipinski definition) is 1. The summed E-state index contributed by atoms with van der Waals surface area (Å²) < 4.78 is 5.45. The second-order valence-electron chi connectivity index (χ2n) is 4.85. The summed E-state index contributed by atoms with van der Waals surface area (Å²) in [5, 5.41) is 0. The number of nitrogens with zero attached hydrogens (tertiary/aromatic N) is 1. The maximum Gasteiger partial charge on any atom is 0.294 e. The van der Waals surface area contributed by atoms with E-state index in [2.05, 4.69) is 18.8 Å². The van der Waals surface area contributed by atoms with Crippen molar-refractivity contribution in [1.82, 2.24) is 0 Å². The summed E-state index contributed by atoms with van der Waals surface area (Å²) in [6, 6.07) is 0.0274. The van der Waals surface area contributed by atoms with Crippen molar-refractivity contribution in [3.05, 3.63) is 0 Å². The zero-order chi connectivity index (χ0) is 10.6. The Hall–Kier alpha value is -1.06. The third-order valence-corrected chi connectivity index (χ3v) is 3.46. The van der Waals surface area contributed by atoms with Crippen molar-refractivity contribution in [3.63, 3.8) is 0 Å². The topological polar surface area (TPSA) is 64.7 Å². The largest absolute Gasteiger partial charge is 0.448 e. The van der Waals surface area contributed by atoms with Crippen LogP contribution < -0.4 is 5.73 Å². The molecule has 1 aliphatic carbocycles. The molecule has 0 saturated heterocycles. The van der Waals surface area contributed by atoms with E-state index < -0.39 is 5.60 Å². The number of aliphatic imine (C=N–C) groups is 1. The fraction of sp³-hybridized carbons (Fsp3) is 0.800. The highest BCUT2D eigenvalue weighted by molar-refractivity contribution is 6.01. The Labute approximate surface area is 83.5 Å². The van der Waals surface area contributed by atoms with E-state index in [9.17, 15) is 4.79 Å². The van der Waals surface area contributed by atoms with Crippen LogP contribution in [-0.2, 0) is 9.53 Å². The molecule has 1 fully saturated rings. The molecule has 0 aromatic rings. The Morgan fingerprint density at radius 1 is 1.64 bits per heavy atom. The van der Waals surface area contributed by atoms with Gasteiger partial charge in [-0.2, -0.15) is 4.99 Å². The van der Waals surface area contributed by atoms with Crippen LogP contribution in [0.5, 0.6) is 0 Å². The molecule has 0 radical (unpaired) electrons. The molecule has 2 aliphatic rings. The van der Waals surface area contributed by atoms with Crippen molar-refractivity contribution in [2.45, 2.75) is 39.2 Å². The SMILES string of the molecule is CCC1(C2CC2(C)C)OC(N)=NC1=O. The van der Waals surface area contributed by atoms with Gasteiger partial charge >= 0.3 is 0 Å². The third kappa shape index (κ3) is 1.06. The van der Waals surface area contributed by atoms with E-state index in [1.165, 1.54) is 0 Å². The maximum absolute atomic E-state index is 11.7. The smallest absolute Gasteiger partial charge is 0.294 e. The Morgan fingerprint density at radius 3 is 2.50 bits per heavy atom. The van der Waals surface area contributed by atoms with Crippen LogP contribution in [0.25, 0.3) is 0 Å². The Morgan fingerprint density at radius 2 is 2.21 bits per heavy atom. The molecule has 0 spiro atoms. The average Bonchev–Trinajstić information content (AvgIpc) is 2.60. The lowest BCUT2D eigenvalue weighted by Crippen LogP contribution is -2.41. The van der Waals surface area contributed by atoms with Gasteiger partial charge in [-0.15, -0.1) is 0 Å². The normalized spacial score (nSPS) is 39.2. The van der Waals surface area contributed by atoms with Crippen LogP contribution >= 0.6 is 0 Å². The number of hydrogen-bond acceptors (Lipinski definition) is 3. The molecule has 0 aromatic heterocycles. The van der Waals surface area contributed by atoms with Crippen LogP contribution in [0.3, 0.4) is 0 Å². The second kappa shape index (κ2) is 2.49. The molecule has 14 heavy (non-hydrogen) atoms. The first-order valence-corrected chi connectivity index (χ1v) is 5.00. The van der Waals surface area contributed by atoms with Crippen molar-refractivity contribution in [3.8, 4) is 0 Å². The lowest BCUT2D eigenvalue weighted by atomic mass is 9.89. The first kappa shape index (κ1) is 9.49. The number of carbonyl (C=O) groups excluding carboxylic acids is 1. The van der Waals surface area contributed by atoms with Crippen molar-refractivity contribution in [2.75, 3.05) is 0 Å². The average molecular weight is 196 g/mol. The number of ether oxygens (including phenoxy) is 1. The van der Waals surface area contributed by atoms with E-state index in [4.69, 9.17) is 10.5 Å². The molecule has 2 N–H and O–H groups in total. The van der Waals surface area contributed by atoms with Crippen molar-refractivity contribution in [1.29, 1.82) is 0 Å². The number of carbonyl (C=O) groups is 1. The summed E-state index contributed by atoms with van der Waals surface area (Å²) >= 11 is 0.